The predicted octanol–water partition coefficient (Wildman–Crippen LogP) is 0.431. The van der Waals surface area contributed by atoms with Crippen LogP contribution in [0.4, 0.5) is 4.79 Å². The van der Waals surface area contributed by atoms with Crippen LogP contribution in [0.15, 0.2) is 12.2 Å². The highest BCUT2D eigenvalue weighted by Gasteiger charge is 2.18. The number of aliphatic carboxylic acids is 1. The number of hydrogen-bond acceptors (Lipinski definition) is 2. The summed E-state index contributed by atoms with van der Waals surface area (Å²) in [5.41, 5.74) is 0. The molecule has 0 radical (unpaired) electrons. The third-order valence-corrected chi connectivity index (χ3v) is 2.06. The molecule has 78 valence electrons. The second kappa shape index (κ2) is 4.64. The molecule has 1 heterocycles. The molecule has 1 unspecified atom stereocenters. The normalized spacial score (nSPS) is 17.6. The Morgan fingerprint density at radius 3 is 2.71 bits per heavy atom. The first-order chi connectivity index (χ1) is 6.61. The quantitative estimate of drug-likeness (QED) is 0.632. The van der Waals surface area contributed by atoms with Crippen molar-refractivity contribution in [3.8, 4) is 0 Å². The number of amides is 2. The number of urea groups is 1. The minimum atomic E-state index is -1.02. The fraction of sp³-hybridized carbons (Fsp3) is 0.556. The van der Waals surface area contributed by atoms with Gasteiger partial charge in [0.25, 0.3) is 0 Å². The lowest BCUT2D eigenvalue weighted by Gasteiger charge is -2.24. The van der Waals surface area contributed by atoms with E-state index in [4.69, 9.17) is 5.11 Å². The highest BCUT2D eigenvalue weighted by molar-refractivity contribution is 5.82. The van der Waals surface area contributed by atoms with Crippen LogP contribution in [0.1, 0.15) is 13.3 Å². The molecule has 14 heavy (non-hydrogen) atoms. The van der Waals surface area contributed by atoms with Crippen molar-refractivity contribution in [2.75, 3.05) is 13.1 Å². The van der Waals surface area contributed by atoms with Crippen molar-refractivity contribution in [3.63, 3.8) is 0 Å². The Kier molecular flexibility index (Phi) is 3.50. The SMILES string of the molecule is CC(NC(=O)N1CC=CCC1)C(=O)O. The molecule has 0 aromatic rings. The lowest BCUT2D eigenvalue weighted by molar-refractivity contribution is -0.138. The summed E-state index contributed by atoms with van der Waals surface area (Å²) in [6, 6.07) is -1.15. The average molecular weight is 198 g/mol. The molecule has 0 saturated heterocycles. The van der Waals surface area contributed by atoms with Crippen molar-refractivity contribution in [3.05, 3.63) is 12.2 Å². The molecule has 0 saturated carbocycles. The Bertz CT molecular complexity index is 263. The van der Waals surface area contributed by atoms with E-state index in [9.17, 15) is 9.59 Å². The molecule has 0 aromatic heterocycles. The standard InChI is InChI=1S/C9H14N2O3/c1-7(8(12)13)10-9(14)11-5-3-2-4-6-11/h2-3,7H,4-6H2,1H3,(H,10,14)(H,12,13). The summed E-state index contributed by atoms with van der Waals surface area (Å²) in [6.45, 7) is 2.65. The smallest absolute Gasteiger partial charge is 0.325 e. The summed E-state index contributed by atoms with van der Waals surface area (Å²) in [4.78, 5) is 23.5. The number of carboxylic acid groups (broad SMARTS) is 1. The summed E-state index contributed by atoms with van der Waals surface area (Å²) in [5.74, 6) is -1.02. The van der Waals surface area contributed by atoms with E-state index in [-0.39, 0.29) is 6.03 Å². The van der Waals surface area contributed by atoms with Gasteiger partial charge in [0.1, 0.15) is 6.04 Å². The Hall–Kier alpha value is -1.52. The van der Waals surface area contributed by atoms with Gasteiger partial charge in [-0.3, -0.25) is 4.79 Å². The number of nitrogens with zero attached hydrogens (tertiary/aromatic N) is 1. The monoisotopic (exact) mass is 198 g/mol. The molecule has 0 bridgehead atoms. The second-order valence-electron chi connectivity index (χ2n) is 3.22. The molecule has 5 nitrogen and oxygen atoms in total. The minimum absolute atomic E-state index is 0.316. The Balaban J connectivity index is 2.41. The van der Waals surface area contributed by atoms with Crippen LogP contribution < -0.4 is 5.32 Å². The van der Waals surface area contributed by atoms with Gasteiger partial charge < -0.3 is 15.3 Å². The zero-order valence-corrected chi connectivity index (χ0v) is 8.06. The lowest BCUT2D eigenvalue weighted by Crippen LogP contribution is -2.47. The summed E-state index contributed by atoms with van der Waals surface area (Å²) in [6.07, 6.45) is 4.73. The van der Waals surface area contributed by atoms with Gasteiger partial charge in [0.15, 0.2) is 0 Å². The number of carbonyl (C=O) groups excluding carboxylic acids is 1. The third-order valence-electron chi connectivity index (χ3n) is 2.06. The van der Waals surface area contributed by atoms with Gasteiger partial charge in [0, 0.05) is 13.1 Å². The maximum Gasteiger partial charge on any atom is 0.325 e. The predicted molar refractivity (Wildman–Crippen MR) is 51.0 cm³/mol. The lowest BCUT2D eigenvalue weighted by atomic mass is 10.2. The average Bonchev–Trinajstić information content (AvgIpc) is 2.19. The van der Waals surface area contributed by atoms with Crippen molar-refractivity contribution in [1.82, 2.24) is 10.2 Å². The maximum absolute atomic E-state index is 11.4. The molecule has 0 spiro atoms. The van der Waals surface area contributed by atoms with Gasteiger partial charge in [-0.25, -0.2) is 4.79 Å². The van der Waals surface area contributed by atoms with E-state index in [1.54, 1.807) is 4.90 Å². The molecule has 1 aliphatic heterocycles. The van der Waals surface area contributed by atoms with Crippen LogP contribution in [-0.4, -0.2) is 41.1 Å². The van der Waals surface area contributed by atoms with Crippen LogP contribution in [-0.2, 0) is 4.79 Å². The zero-order chi connectivity index (χ0) is 10.6. The van der Waals surface area contributed by atoms with E-state index >= 15 is 0 Å². The van der Waals surface area contributed by atoms with Crippen LogP contribution >= 0.6 is 0 Å². The van der Waals surface area contributed by atoms with Gasteiger partial charge in [0.2, 0.25) is 0 Å². The molecule has 2 amide bonds. The highest BCUT2D eigenvalue weighted by atomic mass is 16.4. The molecule has 0 aliphatic carbocycles. The van der Waals surface area contributed by atoms with Crippen molar-refractivity contribution >= 4 is 12.0 Å². The van der Waals surface area contributed by atoms with Gasteiger partial charge >= 0.3 is 12.0 Å². The second-order valence-corrected chi connectivity index (χ2v) is 3.22. The van der Waals surface area contributed by atoms with E-state index in [1.807, 2.05) is 12.2 Å². The summed E-state index contributed by atoms with van der Waals surface area (Å²) in [5, 5.41) is 11.0. The molecule has 0 aromatic carbocycles. The number of rotatable bonds is 2. The Morgan fingerprint density at radius 2 is 2.21 bits per heavy atom. The first-order valence-electron chi connectivity index (χ1n) is 4.54. The summed E-state index contributed by atoms with van der Waals surface area (Å²) < 4.78 is 0. The first-order valence-corrected chi connectivity index (χ1v) is 4.54. The number of nitrogens with one attached hydrogen (secondary N) is 1. The fourth-order valence-electron chi connectivity index (χ4n) is 1.16. The Labute approximate surface area is 82.4 Å². The van der Waals surface area contributed by atoms with Crippen molar-refractivity contribution < 1.29 is 14.7 Å². The van der Waals surface area contributed by atoms with Gasteiger partial charge in [-0.05, 0) is 13.3 Å². The van der Waals surface area contributed by atoms with Crippen LogP contribution in [0.25, 0.3) is 0 Å². The van der Waals surface area contributed by atoms with Gasteiger partial charge in [-0.1, -0.05) is 12.2 Å². The number of carboxylic acids is 1. The van der Waals surface area contributed by atoms with E-state index in [2.05, 4.69) is 5.32 Å². The zero-order valence-electron chi connectivity index (χ0n) is 8.06. The van der Waals surface area contributed by atoms with E-state index in [0.29, 0.717) is 13.1 Å². The number of hydrogen-bond donors (Lipinski definition) is 2. The minimum Gasteiger partial charge on any atom is -0.480 e. The third kappa shape index (κ3) is 2.76. The van der Waals surface area contributed by atoms with Gasteiger partial charge in [-0.15, -0.1) is 0 Å². The largest absolute Gasteiger partial charge is 0.480 e. The highest BCUT2D eigenvalue weighted by Crippen LogP contribution is 2.01. The molecular weight excluding hydrogens is 184 g/mol. The van der Waals surface area contributed by atoms with E-state index < -0.39 is 12.0 Å². The van der Waals surface area contributed by atoms with Crippen LogP contribution in [0, 0.1) is 0 Å². The number of carbonyl (C=O) groups is 2. The van der Waals surface area contributed by atoms with Crippen LogP contribution in [0.2, 0.25) is 0 Å². The molecule has 5 heteroatoms. The van der Waals surface area contributed by atoms with Gasteiger partial charge in [-0.2, -0.15) is 0 Å². The fourth-order valence-corrected chi connectivity index (χ4v) is 1.16. The molecule has 1 rings (SSSR count). The van der Waals surface area contributed by atoms with Crippen molar-refractivity contribution in [2.45, 2.75) is 19.4 Å². The van der Waals surface area contributed by atoms with Gasteiger partial charge in [0.05, 0.1) is 0 Å². The van der Waals surface area contributed by atoms with E-state index in [0.717, 1.165) is 6.42 Å². The van der Waals surface area contributed by atoms with Crippen molar-refractivity contribution in [1.29, 1.82) is 0 Å². The molecule has 2 N–H and O–H groups in total. The van der Waals surface area contributed by atoms with E-state index in [1.165, 1.54) is 6.92 Å². The van der Waals surface area contributed by atoms with Crippen molar-refractivity contribution in [2.24, 2.45) is 0 Å². The topological polar surface area (TPSA) is 69.6 Å². The molecular formula is C9H14N2O3. The molecule has 0 fully saturated rings. The summed E-state index contributed by atoms with van der Waals surface area (Å²) in [7, 11) is 0. The maximum atomic E-state index is 11.4. The van der Waals surface area contributed by atoms with Crippen LogP contribution in [0.5, 0.6) is 0 Å². The molecule has 1 aliphatic rings. The Morgan fingerprint density at radius 1 is 1.50 bits per heavy atom. The van der Waals surface area contributed by atoms with Crippen LogP contribution in [0.3, 0.4) is 0 Å². The molecule has 1 atom stereocenters. The summed E-state index contributed by atoms with van der Waals surface area (Å²) >= 11 is 0. The first kappa shape index (κ1) is 10.6.